The van der Waals surface area contributed by atoms with E-state index in [1.54, 1.807) is 6.20 Å². The van der Waals surface area contributed by atoms with Crippen molar-refractivity contribution in [3.63, 3.8) is 0 Å². The fraction of sp³-hybridized carbons (Fsp3) is 0.286. The molecule has 2 heteroatoms. The van der Waals surface area contributed by atoms with Crippen LogP contribution in [0.25, 0.3) is 33.2 Å². The summed E-state index contributed by atoms with van der Waals surface area (Å²) in [7, 11) is 2.10. The van der Waals surface area contributed by atoms with Crippen LogP contribution in [0.3, 0.4) is 0 Å². The van der Waals surface area contributed by atoms with Crippen molar-refractivity contribution < 1.29 is 5.94 Å². The number of aromatic nitrogens is 2. The summed E-state index contributed by atoms with van der Waals surface area (Å²) in [6.07, 6.45) is 8.96. The van der Waals surface area contributed by atoms with Crippen molar-refractivity contribution in [1.29, 1.82) is 0 Å². The van der Waals surface area contributed by atoms with E-state index < -0.39 is 0 Å². The number of fused-ring (bicyclic) bond motifs is 1. The number of hydrogen-bond donors (Lipinski definition) is 0. The molecular weight excluding hydrogens is 364 g/mol. The van der Waals surface area contributed by atoms with Crippen molar-refractivity contribution in [2.45, 2.75) is 45.4 Å². The van der Waals surface area contributed by atoms with Gasteiger partial charge in [0.2, 0.25) is 5.69 Å². The Balaban J connectivity index is 1.75. The maximum Gasteiger partial charge on any atom is 0.220 e. The molecule has 2 aromatic carbocycles. The second-order valence-corrected chi connectivity index (χ2v) is 8.68. The minimum Gasteiger partial charge on any atom is -0.264 e. The summed E-state index contributed by atoms with van der Waals surface area (Å²) in [6.45, 7) is 4.26. The fourth-order valence-electron chi connectivity index (χ4n) is 4.93. The summed E-state index contributed by atoms with van der Waals surface area (Å²) in [5, 5.41) is 2.13. The Bertz CT molecular complexity index is 1270. The first-order valence-electron chi connectivity index (χ1n) is 11.5. The summed E-state index contributed by atoms with van der Waals surface area (Å²) < 4.78 is 11.0. The summed E-state index contributed by atoms with van der Waals surface area (Å²) in [6, 6.07) is 18.1. The van der Waals surface area contributed by atoms with Crippen LogP contribution >= 0.6 is 0 Å². The lowest BCUT2D eigenvalue weighted by molar-refractivity contribution is -0.665. The molecule has 150 valence electrons. The minimum atomic E-state index is 0.594. The summed E-state index contributed by atoms with van der Waals surface area (Å²) in [4.78, 5) is 4.27. The average molecular weight is 395 g/mol. The van der Waals surface area contributed by atoms with Crippen LogP contribution in [0.5, 0.6) is 0 Å². The molecule has 1 aliphatic rings. The third kappa shape index (κ3) is 3.31. The van der Waals surface area contributed by atoms with Gasteiger partial charge in [-0.25, -0.2) is 0 Å². The number of rotatable bonds is 3. The summed E-state index contributed by atoms with van der Waals surface area (Å²) in [5.74, 6) is 0.685. The van der Waals surface area contributed by atoms with E-state index in [9.17, 15) is 0 Å². The molecular formula is C28H29N2+. The zero-order valence-corrected chi connectivity index (χ0v) is 18.1. The van der Waals surface area contributed by atoms with Gasteiger partial charge in [0.25, 0.3) is 0 Å². The normalized spacial score (nSPS) is 15.0. The zero-order valence-electron chi connectivity index (χ0n) is 19.1. The van der Waals surface area contributed by atoms with Gasteiger partial charge in [-0.15, -0.1) is 0 Å². The van der Waals surface area contributed by atoms with E-state index in [0.717, 1.165) is 27.6 Å². The van der Waals surface area contributed by atoms with E-state index in [1.165, 1.54) is 48.1 Å². The molecule has 30 heavy (non-hydrogen) atoms. The maximum absolute atomic E-state index is 8.84. The van der Waals surface area contributed by atoms with Gasteiger partial charge in [-0.1, -0.05) is 37.1 Å². The second kappa shape index (κ2) is 7.68. The number of aryl methyl sites for hydroxylation is 1. The van der Waals surface area contributed by atoms with Gasteiger partial charge in [-0.05, 0) is 72.0 Å². The van der Waals surface area contributed by atoms with E-state index >= 15 is 0 Å². The quantitative estimate of drug-likeness (QED) is 0.355. The maximum atomic E-state index is 8.84. The van der Waals surface area contributed by atoms with Crippen molar-refractivity contribution in [2.75, 3.05) is 0 Å². The molecule has 0 amide bonds. The first-order chi connectivity index (χ1) is 15.0. The largest absolute Gasteiger partial charge is 0.264 e. The van der Waals surface area contributed by atoms with E-state index in [1.807, 2.05) is 12.3 Å². The zero-order chi connectivity index (χ0) is 21.5. The van der Waals surface area contributed by atoms with Crippen LogP contribution in [0.15, 0.2) is 67.0 Å². The van der Waals surface area contributed by atoms with Gasteiger partial charge in [0.1, 0.15) is 7.05 Å². The predicted molar refractivity (Wildman–Crippen MR) is 124 cm³/mol. The topological polar surface area (TPSA) is 16.8 Å². The molecule has 5 rings (SSSR count). The van der Waals surface area contributed by atoms with Gasteiger partial charge in [0.15, 0.2) is 5.69 Å². The molecule has 0 bridgehead atoms. The molecule has 4 aromatic rings. The third-order valence-corrected chi connectivity index (χ3v) is 6.77. The number of pyridine rings is 2. The standard InChI is InChI=1S/C28H29N2/c1-19-10-11-23(21-7-4-5-8-21)17-27(19)28-26-13-12-22(24-9-6-14-29-18-24)16-25(26)15-20(2)30(28)3/h6,9-18,21H,4-5,7-8H2,1-3H3/q+1/i15D. The SMILES string of the molecule is [2H]c1c(C)[n+](C)c(-c2cc(C3CCCC3)ccc2C)c2ccc(-c3cccnc3)cc12. The Morgan fingerprint density at radius 1 is 1.00 bits per heavy atom. The summed E-state index contributed by atoms with van der Waals surface area (Å²) in [5.41, 5.74) is 8.41. The van der Waals surface area contributed by atoms with E-state index in [-0.39, 0.29) is 0 Å². The highest BCUT2D eigenvalue weighted by Crippen LogP contribution is 2.38. The van der Waals surface area contributed by atoms with Crippen molar-refractivity contribution >= 4 is 10.8 Å². The van der Waals surface area contributed by atoms with E-state index in [2.05, 4.69) is 72.9 Å². The highest BCUT2D eigenvalue weighted by molar-refractivity contribution is 5.96. The Hall–Kier alpha value is -3.00. The first-order valence-corrected chi connectivity index (χ1v) is 11.0. The lowest BCUT2D eigenvalue weighted by atomic mass is 9.91. The van der Waals surface area contributed by atoms with E-state index in [0.29, 0.717) is 12.0 Å². The van der Waals surface area contributed by atoms with Gasteiger partial charge >= 0.3 is 0 Å². The Labute approximate surface area is 180 Å². The monoisotopic (exact) mass is 394 g/mol. The third-order valence-electron chi connectivity index (χ3n) is 6.77. The molecule has 0 spiro atoms. The van der Waals surface area contributed by atoms with E-state index in [4.69, 9.17) is 1.37 Å². The number of hydrogen-bond acceptors (Lipinski definition) is 1. The molecule has 1 saturated carbocycles. The molecule has 2 nitrogen and oxygen atoms in total. The highest BCUT2D eigenvalue weighted by atomic mass is 14.9. The van der Waals surface area contributed by atoms with Crippen LogP contribution in [-0.2, 0) is 7.05 Å². The van der Waals surface area contributed by atoms with Gasteiger partial charge in [0.05, 0.1) is 6.76 Å². The minimum absolute atomic E-state index is 0.594. The lowest BCUT2D eigenvalue weighted by Gasteiger charge is -2.15. The average Bonchev–Trinajstić information content (AvgIpc) is 3.34. The van der Waals surface area contributed by atoms with Gasteiger partial charge in [0, 0.05) is 36.5 Å². The van der Waals surface area contributed by atoms with Crippen LogP contribution in [-0.4, -0.2) is 4.98 Å². The molecule has 0 aliphatic heterocycles. The van der Waals surface area contributed by atoms with Crippen LogP contribution in [0, 0.1) is 13.8 Å². The van der Waals surface area contributed by atoms with Crippen LogP contribution in [0.1, 0.15) is 49.8 Å². The summed E-state index contributed by atoms with van der Waals surface area (Å²) >= 11 is 0. The molecule has 2 heterocycles. The number of benzene rings is 2. The van der Waals surface area contributed by atoms with Crippen molar-refractivity contribution in [3.05, 3.63) is 83.8 Å². The Morgan fingerprint density at radius 2 is 1.83 bits per heavy atom. The smallest absolute Gasteiger partial charge is 0.220 e. The molecule has 2 aromatic heterocycles. The van der Waals surface area contributed by atoms with Crippen LogP contribution in [0.4, 0.5) is 0 Å². The molecule has 0 radical (unpaired) electrons. The lowest BCUT2D eigenvalue weighted by Crippen LogP contribution is -2.35. The highest BCUT2D eigenvalue weighted by Gasteiger charge is 2.23. The molecule has 0 atom stereocenters. The fourth-order valence-corrected chi connectivity index (χ4v) is 4.93. The van der Waals surface area contributed by atoms with Crippen LogP contribution < -0.4 is 4.57 Å². The Morgan fingerprint density at radius 3 is 2.60 bits per heavy atom. The molecule has 1 fully saturated rings. The van der Waals surface area contributed by atoms with Gasteiger partial charge in [-0.2, -0.15) is 4.57 Å². The van der Waals surface area contributed by atoms with Crippen LogP contribution in [0.2, 0.25) is 0 Å². The predicted octanol–water partition coefficient (Wildman–Crippen LogP) is 6.67. The van der Waals surface area contributed by atoms with Gasteiger partial charge in [-0.3, -0.25) is 4.98 Å². The van der Waals surface area contributed by atoms with Crippen molar-refractivity contribution in [3.8, 4) is 22.4 Å². The first kappa shape index (κ1) is 17.8. The van der Waals surface area contributed by atoms with Crippen molar-refractivity contribution in [1.82, 2.24) is 4.98 Å². The number of nitrogens with zero attached hydrogens (tertiary/aromatic N) is 2. The van der Waals surface area contributed by atoms with Crippen molar-refractivity contribution in [2.24, 2.45) is 7.05 Å². The molecule has 0 unspecified atom stereocenters. The molecule has 0 saturated heterocycles. The molecule has 0 N–H and O–H groups in total. The molecule has 1 aliphatic carbocycles. The second-order valence-electron chi connectivity index (χ2n) is 8.68. The van der Waals surface area contributed by atoms with Gasteiger partial charge < -0.3 is 0 Å². The Kier molecular flexibility index (Phi) is 4.56.